The molecular weight excluding hydrogens is 412 g/mol. The number of hydrogen-bond acceptors (Lipinski definition) is 6. The third-order valence-corrected chi connectivity index (χ3v) is 5.03. The SMILES string of the molecule is CCCCN1C(=O)c2ccc(C(=O)OC(C)C(=O)Nc3ccc(OCC)cc3)cc2C1=O. The highest BCUT2D eigenvalue weighted by molar-refractivity contribution is 6.22. The highest BCUT2D eigenvalue weighted by Crippen LogP contribution is 2.25. The highest BCUT2D eigenvalue weighted by atomic mass is 16.5. The summed E-state index contributed by atoms with van der Waals surface area (Å²) in [6.07, 6.45) is 0.490. The molecule has 2 aromatic rings. The molecule has 8 nitrogen and oxygen atoms in total. The van der Waals surface area contributed by atoms with Crippen molar-refractivity contribution < 1.29 is 28.7 Å². The van der Waals surface area contributed by atoms with Crippen LogP contribution in [0, 0.1) is 0 Å². The molecule has 0 bridgehead atoms. The molecule has 3 rings (SSSR count). The summed E-state index contributed by atoms with van der Waals surface area (Å²) in [5, 5.41) is 2.67. The molecule has 0 aliphatic carbocycles. The number of esters is 1. The smallest absolute Gasteiger partial charge is 0.338 e. The summed E-state index contributed by atoms with van der Waals surface area (Å²) < 4.78 is 10.6. The summed E-state index contributed by atoms with van der Waals surface area (Å²) in [5.74, 6) is -1.35. The zero-order chi connectivity index (χ0) is 23.3. The van der Waals surface area contributed by atoms with Gasteiger partial charge in [-0.15, -0.1) is 0 Å². The second-order valence-corrected chi connectivity index (χ2v) is 7.37. The number of imide groups is 1. The normalized spacial score (nSPS) is 13.5. The van der Waals surface area contributed by atoms with Crippen molar-refractivity contribution in [1.29, 1.82) is 0 Å². The largest absolute Gasteiger partial charge is 0.494 e. The monoisotopic (exact) mass is 438 g/mol. The molecule has 0 spiro atoms. The van der Waals surface area contributed by atoms with E-state index in [-0.39, 0.29) is 22.6 Å². The molecule has 0 saturated heterocycles. The molecule has 2 aromatic carbocycles. The summed E-state index contributed by atoms with van der Waals surface area (Å²) in [7, 11) is 0. The number of anilines is 1. The van der Waals surface area contributed by atoms with E-state index < -0.39 is 23.9 Å². The molecule has 1 heterocycles. The van der Waals surface area contributed by atoms with E-state index >= 15 is 0 Å². The lowest BCUT2D eigenvalue weighted by atomic mass is 10.1. The molecule has 0 aromatic heterocycles. The van der Waals surface area contributed by atoms with Crippen molar-refractivity contribution in [2.24, 2.45) is 0 Å². The van der Waals surface area contributed by atoms with Gasteiger partial charge in [0.15, 0.2) is 6.10 Å². The Morgan fingerprint density at radius 2 is 1.69 bits per heavy atom. The molecule has 1 unspecified atom stereocenters. The number of rotatable bonds is 9. The topological polar surface area (TPSA) is 102 Å². The minimum atomic E-state index is -1.07. The van der Waals surface area contributed by atoms with Gasteiger partial charge in [-0.2, -0.15) is 0 Å². The average molecular weight is 438 g/mol. The molecule has 32 heavy (non-hydrogen) atoms. The van der Waals surface area contributed by atoms with Gasteiger partial charge in [-0.1, -0.05) is 13.3 Å². The number of nitrogens with one attached hydrogen (secondary N) is 1. The second kappa shape index (κ2) is 10.1. The number of ether oxygens (including phenoxy) is 2. The zero-order valence-electron chi connectivity index (χ0n) is 18.3. The van der Waals surface area contributed by atoms with E-state index in [4.69, 9.17) is 9.47 Å². The Kier molecular flexibility index (Phi) is 7.25. The van der Waals surface area contributed by atoms with Gasteiger partial charge in [0.25, 0.3) is 17.7 Å². The summed E-state index contributed by atoms with van der Waals surface area (Å²) in [6.45, 7) is 6.18. The Morgan fingerprint density at radius 3 is 2.34 bits per heavy atom. The number of unbranched alkanes of at least 4 members (excludes halogenated alkanes) is 1. The lowest BCUT2D eigenvalue weighted by Crippen LogP contribution is -2.30. The van der Waals surface area contributed by atoms with Gasteiger partial charge in [0.2, 0.25) is 0 Å². The van der Waals surface area contributed by atoms with Crippen LogP contribution in [-0.4, -0.2) is 47.8 Å². The molecule has 0 saturated carbocycles. The van der Waals surface area contributed by atoms with Crippen molar-refractivity contribution in [3.8, 4) is 5.75 Å². The van der Waals surface area contributed by atoms with Crippen LogP contribution in [0.3, 0.4) is 0 Å². The molecule has 168 valence electrons. The number of hydrogen-bond donors (Lipinski definition) is 1. The van der Waals surface area contributed by atoms with Gasteiger partial charge in [0, 0.05) is 12.2 Å². The van der Waals surface area contributed by atoms with E-state index in [9.17, 15) is 19.2 Å². The molecular formula is C24H26N2O6. The van der Waals surface area contributed by atoms with Gasteiger partial charge in [-0.05, 0) is 62.7 Å². The Morgan fingerprint density at radius 1 is 1.00 bits per heavy atom. The molecule has 1 aliphatic heterocycles. The van der Waals surface area contributed by atoms with Gasteiger partial charge in [0.1, 0.15) is 5.75 Å². The van der Waals surface area contributed by atoms with Crippen molar-refractivity contribution in [1.82, 2.24) is 4.90 Å². The number of fused-ring (bicyclic) bond motifs is 1. The highest BCUT2D eigenvalue weighted by Gasteiger charge is 2.35. The fourth-order valence-corrected chi connectivity index (χ4v) is 3.26. The van der Waals surface area contributed by atoms with Crippen molar-refractivity contribution in [3.05, 3.63) is 59.2 Å². The number of benzene rings is 2. The summed E-state index contributed by atoms with van der Waals surface area (Å²) in [4.78, 5) is 51.1. The van der Waals surface area contributed by atoms with Crippen LogP contribution in [-0.2, 0) is 9.53 Å². The van der Waals surface area contributed by atoms with Crippen LogP contribution in [0.4, 0.5) is 5.69 Å². The first-order valence-electron chi connectivity index (χ1n) is 10.6. The van der Waals surface area contributed by atoms with E-state index in [1.165, 1.54) is 30.0 Å². The average Bonchev–Trinajstić information content (AvgIpc) is 3.02. The molecule has 1 atom stereocenters. The molecule has 8 heteroatoms. The van der Waals surface area contributed by atoms with Crippen LogP contribution in [0.1, 0.15) is 64.7 Å². The Balaban J connectivity index is 1.63. The predicted octanol–water partition coefficient (Wildman–Crippen LogP) is 3.67. The third-order valence-electron chi connectivity index (χ3n) is 5.03. The maximum atomic E-state index is 12.6. The standard InChI is InChI=1S/C24H26N2O6/c1-4-6-13-26-22(28)19-12-7-16(14-20(19)23(26)29)24(30)32-15(3)21(27)25-17-8-10-18(11-9-17)31-5-2/h7-12,14-15H,4-6,13H2,1-3H3,(H,25,27). The summed E-state index contributed by atoms with van der Waals surface area (Å²) in [6, 6.07) is 11.0. The van der Waals surface area contributed by atoms with Crippen LogP contribution in [0.2, 0.25) is 0 Å². The van der Waals surface area contributed by atoms with Crippen molar-refractivity contribution in [2.45, 2.75) is 39.7 Å². The van der Waals surface area contributed by atoms with Gasteiger partial charge in [-0.3, -0.25) is 19.3 Å². The molecule has 3 amide bonds. The summed E-state index contributed by atoms with van der Waals surface area (Å²) >= 11 is 0. The maximum absolute atomic E-state index is 12.6. The number of carbonyl (C=O) groups is 4. The van der Waals surface area contributed by atoms with Crippen LogP contribution in [0.25, 0.3) is 0 Å². The van der Waals surface area contributed by atoms with Crippen molar-refractivity contribution >= 4 is 29.4 Å². The maximum Gasteiger partial charge on any atom is 0.338 e. The van der Waals surface area contributed by atoms with Crippen LogP contribution >= 0.6 is 0 Å². The quantitative estimate of drug-likeness (QED) is 0.473. The van der Waals surface area contributed by atoms with E-state index in [0.717, 1.165) is 6.42 Å². The van der Waals surface area contributed by atoms with Gasteiger partial charge < -0.3 is 14.8 Å². The van der Waals surface area contributed by atoms with Crippen LogP contribution in [0.5, 0.6) is 5.75 Å². The minimum Gasteiger partial charge on any atom is -0.494 e. The number of amides is 3. The Labute approximate surface area is 186 Å². The van der Waals surface area contributed by atoms with Crippen molar-refractivity contribution in [3.63, 3.8) is 0 Å². The minimum absolute atomic E-state index is 0.1000. The van der Waals surface area contributed by atoms with Gasteiger partial charge in [0.05, 0.1) is 23.3 Å². The van der Waals surface area contributed by atoms with E-state index in [1.54, 1.807) is 24.3 Å². The van der Waals surface area contributed by atoms with Crippen LogP contribution in [0.15, 0.2) is 42.5 Å². The molecule has 0 radical (unpaired) electrons. The lowest BCUT2D eigenvalue weighted by Gasteiger charge is -2.14. The summed E-state index contributed by atoms with van der Waals surface area (Å²) in [5.41, 5.74) is 1.08. The Hall–Kier alpha value is -3.68. The van der Waals surface area contributed by atoms with Crippen LogP contribution < -0.4 is 10.1 Å². The van der Waals surface area contributed by atoms with E-state index in [1.807, 2.05) is 13.8 Å². The van der Waals surface area contributed by atoms with Gasteiger partial charge in [-0.25, -0.2) is 4.79 Å². The second-order valence-electron chi connectivity index (χ2n) is 7.37. The first-order chi connectivity index (χ1) is 15.3. The fourth-order valence-electron chi connectivity index (χ4n) is 3.26. The lowest BCUT2D eigenvalue weighted by molar-refractivity contribution is -0.123. The van der Waals surface area contributed by atoms with E-state index in [0.29, 0.717) is 31.0 Å². The van der Waals surface area contributed by atoms with Gasteiger partial charge >= 0.3 is 5.97 Å². The molecule has 0 fully saturated rings. The predicted molar refractivity (Wildman–Crippen MR) is 118 cm³/mol. The zero-order valence-corrected chi connectivity index (χ0v) is 18.3. The first-order valence-corrected chi connectivity index (χ1v) is 10.6. The number of nitrogens with zero attached hydrogens (tertiary/aromatic N) is 1. The first kappa shape index (κ1) is 23.0. The van der Waals surface area contributed by atoms with Crippen molar-refractivity contribution in [2.75, 3.05) is 18.5 Å². The Bertz CT molecular complexity index is 1030. The fraction of sp³-hybridized carbons (Fsp3) is 0.333. The molecule has 1 N–H and O–H groups in total. The number of carbonyl (C=O) groups excluding carboxylic acids is 4. The molecule has 1 aliphatic rings. The third kappa shape index (κ3) is 4.96. The van der Waals surface area contributed by atoms with E-state index in [2.05, 4.69) is 5.32 Å².